The smallest absolute Gasteiger partial charge is 0.321 e. The zero-order valence-corrected chi connectivity index (χ0v) is 15.6. The second-order valence-electron chi connectivity index (χ2n) is 5.21. The lowest BCUT2D eigenvalue weighted by atomic mass is 10.2. The number of carbonyl (C=O) groups is 1. The van der Waals surface area contributed by atoms with E-state index in [0.29, 0.717) is 10.6 Å². The van der Waals surface area contributed by atoms with Crippen LogP contribution >= 0.6 is 11.6 Å². The van der Waals surface area contributed by atoms with Crippen LogP contribution in [0.1, 0.15) is 5.56 Å². The van der Waals surface area contributed by atoms with Crippen LogP contribution in [0.4, 0.5) is 5.69 Å². The van der Waals surface area contributed by atoms with Gasteiger partial charge in [-0.05, 0) is 29.8 Å². The maximum atomic E-state index is 12.3. The average Bonchev–Trinajstić information content (AvgIpc) is 2.64. The second kappa shape index (κ2) is 8.80. The predicted molar refractivity (Wildman–Crippen MR) is 96.1 cm³/mol. The predicted octanol–water partition coefficient (Wildman–Crippen LogP) is 2.28. The van der Waals surface area contributed by atoms with Crippen molar-refractivity contribution in [2.45, 2.75) is 11.5 Å². The first-order valence-electron chi connectivity index (χ1n) is 7.45. The molecule has 0 saturated heterocycles. The van der Waals surface area contributed by atoms with Crippen molar-refractivity contribution in [2.24, 2.45) is 0 Å². The van der Waals surface area contributed by atoms with Gasteiger partial charge in [-0.25, -0.2) is 8.42 Å². The Morgan fingerprint density at radius 1 is 1.26 bits per heavy atom. The summed E-state index contributed by atoms with van der Waals surface area (Å²) in [7, 11) is -3.02. The number of hydrogen-bond acceptors (Lipinski definition) is 7. The third-order valence-electron chi connectivity index (χ3n) is 3.35. The molecule has 0 fully saturated rings. The Morgan fingerprint density at radius 3 is 2.63 bits per heavy atom. The lowest BCUT2D eigenvalue weighted by Gasteiger charge is -2.09. The van der Waals surface area contributed by atoms with Crippen LogP contribution in [0.25, 0.3) is 0 Å². The van der Waals surface area contributed by atoms with E-state index in [-0.39, 0.29) is 12.4 Å². The van der Waals surface area contributed by atoms with Gasteiger partial charge in [0, 0.05) is 5.02 Å². The molecule has 0 aromatic heterocycles. The highest BCUT2D eigenvalue weighted by molar-refractivity contribution is 7.89. The summed E-state index contributed by atoms with van der Waals surface area (Å²) < 4.78 is 36.4. The van der Waals surface area contributed by atoms with Crippen LogP contribution in [-0.4, -0.2) is 33.0 Å². The van der Waals surface area contributed by atoms with Crippen molar-refractivity contribution in [1.82, 2.24) is 4.72 Å². The van der Waals surface area contributed by atoms with Crippen LogP contribution in [0.15, 0.2) is 47.4 Å². The standard InChI is InChI=1S/C16H15ClN2O7S/c1-25-13-5-6-15(14(8-13)19(21)22)27(23,24)18-9-16(20)26-10-11-3-2-4-12(17)7-11/h2-8,18H,9-10H2,1H3. The Bertz CT molecular complexity index is 963. The van der Waals surface area contributed by atoms with Crippen molar-refractivity contribution < 1.29 is 27.6 Å². The molecule has 2 aromatic carbocycles. The normalized spacial score (nSPS) is 11.0. The van der Waals surface area contributed by atoms with E-state index < -0.39 is 38.0 Å². The van der Waals surface area contributed by atoms with Crippen molar-refractivity contribution in [3.63, 3.8) is 0 Å². The van der Waals surface area contributed by atoms with Gasteiger partial charge in [-0.1, -0.05) is 23.7 Å². The number of methoxy groups -OCH3 is 1. The minimum absolute atomic E-state index is 0.0934. The minimum Gasteiger partial charge on any atom is -0.497 e. The Labute approximate surface area is 160 Å². The van der Waals surface area contributed by atoms with Crippen LogP contribution < -0.4 is 9.46 Å². The van der Waals surface area contributed by atoms with Crippen LogP contribution in [0.5, 0.6) is 5.75 Å². The SMILES string of the molecule is COc1ccc(S(=O)(=O)NCC(=O)OCc2cccc(Cl)c2)c([N+](=O)[O-])c1. The van der Waals surface area contributed by atoms with E-state index in [1.807, 2.05) is 4.72 Å². The number of nitrogens with one attached hydrogen (secondary N) is 1. The monoisotopic (exact) mass is 414 g/mol. The van der Waals surface area contributed by atoms with Crippen LogP contribution in [-0.2, 0) is 26.2 Å². The van der Waals surface area contributed by atoms with Gasteiger partial charge in [-0.2, -0.15) is 4.72 Å². The third-order valence-corrected chi connectivity index (χ3v) is 5.03. The van der Waals surface area contributed by atoms with E-state index in [0.717, 1.165) is 12.1 Å². The second-order valence-corrected chi connectivity index (χ2v) is 7.38. The number of rotatable bonds is 8. The molecule has 2 rings (SSSR count). The van der Waals surface area contributed by atoms with E-state index in [4.69, 9.17) is 21.1 Å². The Kier molecular flexibility index (Phi) is 6.72. The van der Waals surface area contributed by atoms with Crippen LogP contribution in [0.2, 0.25) is 5.02 Å². The van der Waals surface area contributed by atoms with Crippen molar-refractivity contribution in [1.29, 1.82) is 0 Å². The number of benzene rings is 2. The van der Waals surface area contributed by atoms with E-state index in [1.54, 1.807) is 24.3 Å². The number of ether oxygens (including phenoxy) is 2. The van der Waals surface area contributed by atoms with Crippen LogP contribution in [0.3, 0.4) is 0 Å². The number of hydrogen-bond donors (Lipinski definition) is 1. The van der Waals surface area contributed by atoms with E-state index in [9.17, 15) is 23.3 Å². The van der Waals surface area contributed by atoms with Gasteiger partial charge in [0.1, 0.15) is 18.9 Å². The molecule has 0 aliphatic heterocycles. The molecule has 11 heteroatoms. The maximum absolute atomic E-state index is 12.3. The van der Waals surface area contributed by atoms with Gasteiger partial charge in [0.15, 0.2) is 4.90 Å². The molecule has 2 aromatic rings. The third kappa shape index (κ3) is 5.64. The summed E-state index contributed by atoms with van der Waals surface area (Å²) >= 11 is 5.81. The van der Waals surface area contributed by atoms with Gasteiger partial charge >= 0.3 is 5.97 Å². The molecule has 0 aliphatic carbocycles. The van der Waals surface area contributed by atoms with Gasteiger partial charge in [0.25, 0.3) is 5.69 Å². The molecule has 1 N–H and O–H groups in total. The highest BCUT2D eigenvalue weighted by Crippen LogP contribution is 2.28. The summed E-state index contributed by atoms with van der Waals surface area (Å²) in [5, 5.41) is 11.6. The maximum Gasteiger partial charge on any atom is 0.321 e. The van der Waals surface area contributed by atoms with E-state index in [2.05, 4.69) is 0 Å². The molecular formula is C16H15ClN2O7S. The van der Waals surface area contributed by atoms with Gasteiger partial charge in [-0.15, -0.1) is 0 Å². The first-order chi connectivity index (χ1) is 12.7. The molecule has 0 atom stereocenters. The topological polar surface area (TPSA) is 125 Å². The number of sulfonamides is 1. The minimum atomic E-state index is -4.31. The van der Waals surface area contributed by atoms with E-state index in [1.165, 1.54) is 13.2 Å². The highest BCUT2D eigenvalue weighted by atomic mass is 35.5. The number of carbonyl (C=O) groups excluding carboxylic acids is 1. The lowest BCUT2D eigenvalue weighted by Crippen LogP contribution is -2.31. The molecule has 27 heavy (non-hydrogen) atoms. The number of nitrogens with zero attached hydrogens (tertiary/aromatic N) is 1. The van der Waals surface area contributed by atoms with Crippen molar-refractivity contribution >= 4 is 33.3 Å². The molecule has 0 amide bonds. The summed E-state index contributed by atoms with van der Waals surface area (Å²) in [6, 6.07) is 9.88. The Balaban J connectivity index is 2.04. The molecule has 0 spiro atoms. The molecule has 0 unspecified atom stereocenters. The molecular weight excluding hydrogens is 400 g/mol. The summed E-state index contributed by atoms with van der Waals surface area (Å²) in [5.41, 5.74) is -0.0429. The van der Waals surface area contributed by atoms with Crippen molar-refractivity contribution in [3.8, 4) is 5.75 Å². The zero-order valence-electron chi connectivity index (χ0n) is 14.0. The average molecular weight is 415 g/mol. The summed E-state index contributed by atoms with van der Waals surface area (Å²) in [5.74, 6) is -0.726. The fraction of sp³-hybridized carbons (Fsp3) is 0.188. The Morgan fingerprint density at radius 2 is 2.00 bits per heavy atom. The summed E-state index contributed by atoms with van der Waals surface area (Å²) in [4.78, 5) is 21.4. The molecule has 0 bridgehead atoms. The molecule has 0 heterocycles. The highest BCUT2D eigenvalue weighted by Gasteiger charge is 2.27. The first kappa shape index (κ1) is 20.6. The van der Waals surface area contributed by atoms with Crippen molar-refractivity contribution in [2.75, 3.05) is 13.7 Å². The number of nitro groups is 1. The quantitative estimate of drug-likeness (QED) is 0.399. The van der Waals surface area contributed by atoms with Crippen LogP contribution in [0, 0.1) is 10.1 Å². The fourth-order valence-electron chi connectivity index (χ4n) is 2.07. The van der Waals surface area contributed by atoms with Gasteiger partial charge in [0.2, 0.25) is 10.0 Å². The Hall–Kier alpha value is -2.69. The van der Waals surface area contributed by atoms with E-state index >= 15 is 0 Å². The zero-order chi connectivity index (χ0) is 20.0. The van der Waals surface area contributed by atoms with Gasteiger partial charge in [0.05, 0.1) is 18.1 Å². The fourth-order valence-corrected chi connectivity index (χ4v) is 3.40. The number of halogens is 1. The van der Waals surface area contributed by atoms with Gasteiger partial charge in [-0.3, -0.25) is 14.9 Å². The largest absolute Gasteiger partial charge is 0.497 e. The molecule has 0 aliphatic rings. The number of esters is 1. The summed E-state index contributed by atoms with van der Waals surface area (Å²) in [6.07, 6.45) is 0. The van der Waals surface area contributed by atoms with Crippen molar-refractivity contribution in [3.05, 3.63) is 63.2 Å². The first-order valence-corrected chi connectivity index (χ1v) is 9.31. The molecule has 144 valence electrons. The molecule has 0 saturated carbocycles. The lowest BCUT2D eigenvalue weighted by molar-refractivity contribution is -0.387. The molecule has 0 radical (unpaired) electrons. The number of nitro benzene ring substituents is 1. The molecule has 9 nitrogen and oxygen atoms in total. The summed E-state index contributed by atoms with van der Waals surface area (Å²) in [6.45, 7) is -0.782. The van der Waals surface area contributed by atoms with Gasteiger partial charge < -0.3 is 9.47 Å².